The molecule has 6 nitrogen and oxygen atoms in total. The van der Waals surface area contributed by atoms with E-state index in [9.17, 15) is 9.59 Å². The van der Waals surface area contributed by atoms with Gasteiger partial charge in [-0.1, -0.05) is 6.42 Å². The van der Waals surface area contributed by atoms with Gasteiger partial charge in [0.1, 0.15) is 6.54 Å². The topological polar surface area (TPSA) is 64.1 Å². The number of carboxylic acids is 1. The number of urea groups is 1. The van der Waals surface area contributed by atoms with Crippen molar-refractivity contribution in [2.45, 2.75) is 51.6 Å². The maximum atomic E-state index is 12.7. The van der Waals surface area contributed by atoms with Crippen LogP contribution in [-0.2, 0) is 4.79 Å². The van der Waals surface area contributed by atoms with Gasteiger partial charge < -0.3 is 14.9 Å². The smallest absolute Gasteiger partial charge is 0.323 e. The zero-order valence-corrected chi connectivity index (χ0v) is 13.3. The van der Waals surface area contributed by atoms with E-state index in [-0.39, 0.29) is 12.6 Å². The molecule has 2 saturated heterocycles. The number of nitrogens with zero attached hydrogens (tertiary/aromatic N) is 3. The number of carbonyl (C=O) groups excluding carboxylic acids is 1. The first-order chi connectivity index (χ1) is 9.79. The monoisotopic (exact) mass is 297 g/mol. The Hall–Kier alpha value is -1.30. The van der Waals surface area contributed by atoms with Gasteiger partial charge in [0.05, 0.1) is 0 Å². The Bertz CT molecular complexity index is 405. The number of piperidine rings is 1. The molecule has 2 aliphatic heterocycles. The van der Waals surface area contributed by atoms with Crippen molar-refractivity contribution in [3.8, 4) is 0 Å². The van der Waals surface area contributed by atoms with Crippen LogP contribution in [0.2, 0.25) is 0 Å². The van der Waals surface area contributed by atoms with Crippen LogP contribution >= 0.6 is 0 Å². The van der Waals surface area contributed by atoms with Crippen LogP contribution in [0.3, 0.4) is 0 Å². The molecule has 2 aliphatic rings. The second kappa shape index (κ2) is 6.22. The number of carboxylic acid groups (broad SMARTS) is 1. The minimum absolute atomic E-state index is 0.143. The van der Waals surface area contributed by atoms with Gasteiger partial charge in [0.15, 0.2) is 0 Å². The number of fused-ring (bicyclic) bond motifs is 1. The summed E-state index contributed by atoms with van der Waals surface area (Å²) in [4.78, 5) is 29.5. The molecule has 6 heteroatoms. The van der Waals surface area contributed by atoms with Crippen molar-refractivity contribution in [1.29, 1.82) is 0 Å². The van der Waals surface area contributed by atoms with E-state index in [0.29, 0.717) is 12.6 Å². The Morgan fingerprint density at radius 3 is 2.52 bits per heavy atom. The summed E-state index contributed by atoms with van der Waals surface area (Å²) >= 11 is 0. The molecule has 2 rings (SSSR count). The molecule has 1 N–H and O–H groups in total. The predicted molar refractivity (Wildman–Crippen MR) is 80.3 cm³/mol. The van der Waals surface area contributed by atoms with Gasteiger partial charge in [-0.15, -0.1) is 0 Å². The van der Waals surface area contributed by atoms with E-state index in [1.807, 2.05) is 25.7 Å². The third kappa shape index (κ3) is 3.87. The van der Waals surface area contributed by atoms with Crippen LogP contribution in [-0.4, -0.2) is 76.1 Å². The Kier molecular flexibility index (Phi) is 4.76. The summed E-state index contributed by atoms with van der Waals surface area (Å²) in [7, 11) is 0. The molecule has 2 amide bonds. The van der Waals surface area contributed by atoms with E-state index in [2.05, 4.69) is 4.90 Å². The first-order valence-corrected chi connectivity index (χ1v) is 7.81. The first kappa shape index (κ1) is 16.1. The summed E-state index contributed by atoms with van der Waals surface area (Å²) in [6, 6.07) is 0.304. The Labute approximate surface area is 126 Å². The van der Waals surface area contributed by atoms with Gasteiger partial charge >= 0.3 is 12.0 Å². The lowest BCUT2D eigenvalue weighted by atomic mass is 9.99. The number of carbonyl (C=O) groups is 2. The Balaban J connectivity index is 2.05. The number of amides is 2. The number of rotatable bonds is 2. The molecule has 1 atom stereocenters. The fourth-order valence-electron chi connectivity index (χ4n) is 3.23. The van der Waals surface area contributed by atoms with Crippen LogP contribution in [0.15, 0.2) is 0 Å². The maximum Gasteiger partial charge on any atom is 0.323 e. The quantitative estimate of drug-likeness (QED) is 0.838. The van der Waals surface area contributed by atoms with Crippen molar-refractivity contribution in [2.24, 2.45) is 0 Å². The van der Waals surface area contributed by atoms with E-state index in [0.717, 1.165) is 26.1 Å². The van der Waals surface area contributed by atoms with Crippen molar-refractivity contribution in [1.82, 2.24) is 14.7 Å². The minimum Gasteiger partial charge on any atom is -0.480 e. The van der Waals surface area contributed by atoms with Gasteiger partial charge in [-0.05, 0) is 40.2 Å². The van der Waals surface area contributed by atoms with Crippen LogP contribution in [0, 0.1) is 0 Å². The molecule has 21 heavy (non-hydrogen) atoms. The summed E-state index contributed by atoms with van der Waals surface area (Å²) in [5.41, 5.74) is -0.487. The molecule has 2 heterocycles. The second-order valence-corrected chi connectivity index (χ2v) is 7.06. The molecule has 0 radical (unpaired) electrons. The normalized spacial score (nSPS) is 23.6. The zero-order valence-electron chi connectivity index (χ0n) is 13.3. The molecule has 1 unspecified atom stereocenters. The first-order valence-electron chi connectivity index (χ1n) is 7.81. The molecular weight excluding hydrogens is 270 g/mol. The number of hydrogen-bond donors (Lipinski definition) is 1. The van der Waals surface area contributed by atoms with E-state index < -0.39 is 11.5 Å². The van der Waals surface area contributed by atoms with Crippen LogP contribution < -0.4 is 0 Å². The third-order valence-corrected chi connectivity index (χ3v) is 4.44. The minimum atomic E-state index is -0.963. The molecular formula is C15H27N3O3. The van der Waals surface area contributed by atoms with Crippen molar-refractivity contribution in [2.75, 3.05) is 32.7 Å². The molecule has 0 saturated carbocycles. The van der Waals surface area contributed by atoms with Gasteiger partial charge in [-0.25, -0.2) is 4.79 Å². The average molecular weight is 297 g/mol. The van der Waals surface area contributed by atoms with Crippen LogP contribution in [0.25, 0.3) is 0 Å². The predicted octanol–water partition coefficient (Wildman–Crippen LogP) is 1.46. The highest BCUT2D eigenvalue weighted by atomic mass is 16.4. The summed E-state index contributed by atoms with van der Waals surface area (Å²) in [6.45, 7) is 8.85. The lowest BCUT2D eigenvalue weighted by Gasteiger charge is -2.46. The summed E-state index contributed by atoms with van der Waals surface area (Å²) in [5.74, 6) is -0.963. The number of hydrogen-bond acceptors (Lipinski definition) is 3. The van der Waals surface area contributed by atoms with Crippen molar-refractivity contribution in [3.63, 3.8) is 0 Å². The SMILES string of the molecule is CC(C)(C)N(CC(=O)O)C(=O)N1CCN2CCCCC2C1. The van der Waals surface area contributed by atoms with E-state index >= 15 is 0 Å². The van der Waals surface area contributed by atoms with E-state index in [1.165, 1.54) is 17.7 Å². The fraction of sp³-hybridized carbons (Fsp3) is 0.867. The highest BCUT2D eigenvalue weighted by Gasteiger charge is 2.36. The largest absolute Gasteiger partial charge is 0.480 e. The average Bonchev–Trinajstić information content (AvgIpc) is 2.42. The third-order valence-electron chi connectivity index (χ3n) is 4.44. The van der Waals surface area contributed by atoms with Crippen LogP contribution in [0.4, 0.5) is 4.79 Å². The van der Waals surface area contributed by atoms with E-state index in [1.54, 1.807) is 0 Å². The molecule has 0 spiro atoms. The lowest BCUT2D eigenvalue weighted by molar-refractivity contribution is -0.138. The summed E-state index contributed by atoms with van der Waals surface area (Å²) < 4.78 is 0. The molecule has 0 bridgehead atoms. The molecule has 0 aliphatic carbocycles. The molecule has 120 valence electrons. The zero-order chi connectivity index (χ0) is 15.6. The standard InChI is InChI=1S/C15H27N3O3/c1-15(2,3)18(11-13(19)20)14(21)17-9-8-16-7-5-4-6-12(16)10-17/h12H,4-11H2,1-3H3,(H,19,20). The van der Waals surface area contributed by atoms with Crippen molar-refractivity contribution < 1.29 is 14.7 Å². The fourth-order valence-corrected chi connectivity index (χ4v) is 3.23. The van der Waals surface area contributed by atoms with Crippen LogP contribution in [0.5, 0.6) is 0 Å². The van der Waals surface area contributed by atoms with Crippen molar-refractivity contribution in [3.05, 3.63) is 0 Å². The number of piperazine rings is 1. The summed E-state index contributed by atoms with van der Waals surface area (Å²) in [6.07, 6.45) is 3.61. The molecule has 0 aromatic heterocycles. The van der Waals surface area contributed by atoms with Gasteiger partial charge in [0.2, 0.25) is 0 Å². The maximum absolute atomic E-state index is 12.7. The molecule has 0 aromatic rings. The highest BCUT2D eigenvalue weighted by molar-refractivity contribution is 5.81. The van der Waals surface area contributed by atoms with Crippen LogP contribution in [0.1, 0.15) is 40.0 Å². The summed E-state index contributed by atoms with van der Waals surface area (Å²) in [5, 5.41) is 9.06. The van der Waals surface area contributed by atoms with E-state index in [4.69, 9.17) is 5.11 Å². The van der Waals surface area contributed by atoms with Gasteiger partial charge in [-0.2, -0.15) is 0 Å². The highest BCUT2D eigenvalue weighted by Crippen LogP contribution is 2.23. The Morgan fingerprint density at radius 1 is 1.19 bits per heavy atom. The Morgan fingerprint density at radius 2 is 1.90 bits per heavy atom. The van der Waals surface area contributed by atoms with Gasteiger partial charge in [0.25, 0.3) is 0 Å². The molecule has 0 aromatic carbocycles. The van der Waals surface area contributed by atoms with Crippen molar-refractivity contribution >= 4 is 12.0 Å². The van der Waals surface area contributed by atoms with Gasteiger partial charge in [0, 0.05) is 31.2 Å². The lowest BCUT2D eigenvalue weighted by Crippen LogP contribution is -2.61. The van der Waals surface area contributed by atoms with Gasteiger partial charge in [-0.3, -0.25) is 9.69 Å². The molecule has 2 fully saturated rings. The second-order valence-electron chi connectivity index (χ2n) is 7.06. The number of aliphatic carboxylic acids is 1.